The van der Waals surface area contributed by atoms with Crippen molar-refractivity contribution in [1.82, 2.24) is 15.1 Å². The Bertz CT molecular complexity index is 563. The topological polar surface area (TPSA) is 29.9 Å². The molecule has 0 spiro atoms. The largest absolute Gasteiger partial charge is 0.311 e. The fourth-order valence-corrected chi connectivity index (χ4v) is 2.83. The fourth-order valence-electron chi connectivity index (χ4n) is 2.49. The minimum atomic E-state index is 0.480. The van der Waals surface area contributed by atoms with E-state index < -0.39 is 0 Å². The lowest BCUT2D eigenvalue weighted by atomic mass is 10.0. The van der Waals surface area contributed by atoms with E-state index >= 15 is 0 Å². The molecular weight excluding hydrogens is 282 g/mol. The maximum absolute atomic E-state index is 6.42. The first-order valence-electron chi connectivity index (χ1n) is 7.67. The Morgan fingerprint density at radius 1 is 1.24 bits per heavy atom. The predicted molar refractivity (Wildman–Crippen MR) is 88.9 cm³/mol. The molecule has 0 aliphatic carbocycles. The summed E-state index contributed by atoms with van der Waals surface area (Å²) < 4.78 is 2.00. The molecule has 3 nitrogen and oxygen atoms in total. The van der Waals surface area contributed by atoms with Gasteiger partial charge in [-0.05, 0) is 24.8 Å². The van der Waals surface area contributed by atoms with Crippen molar-refractivity contribution in [3.8, 4) is 0 Å². The van der Waals surface area contributed by atoms with Crippen LogP contribution in [0, 0.1) is 0 Å². The van der Waals surface area contributed by atoms with E-state index in [-0.39, 0.29) is 0 Å². The molecule has 0 saturated heterocycles. The van der Waals surface area contributed by atoms with E-state index in [1.54, 1.807) is 0 Å². The van der Waals surface area contributed by atoms with Crippen molar-refractivity contribution in [1.29, 1.82) is 0 Å². The average molecular weight is 306 g/mol. The summed E-state index contributed by atoms with van der Waals surface area (Å²) in [5, 5.41) is 8.87. The van der Waals surface area contributed by atoms with Crippen LogP contribution in [0.2, 0.25) is 5.02 Å². The number of aryl methyl sites for hydroxylation is 2. The number of rotatable bonds is 7. The third-order valence-corrected chi connectivity index (χ3v) is 4.24. The lowest BCUT2D eigenvalue weighted by molar-refractivity contribution is 0.558. The molecule has 1 heterocycles. The summed E-state index contributed by atoms with van der Waals surface area (Å²) in [6, 6.07) is 10.6. The van der Waals surface area contributed by atoms with Crippen LogP contribution < -0.4 is 5.32 Å². The molecule has 1 aromatic carbocycles. The summed E-state index contributed by atoms with van der Waals surface area (Å²) in [4.78, 5) is 0. The van der Waals surface area contributed by atoms with Crippen molar-refractivity contribution in [2.24, 2.45) is 0 Å². The van der Waals surface area contributed by atoms with Crippen LogP contribution in [0.15, 0.2) is 30.3 Å². The lowest BCUT2D eigenvalue weighted by Crippen LogP contribution is -2.21. The van der Waals surface area contributed by atoms with Gasteiger partial charge >= 0.3 is 0 Å². The zero-order chi connectivity index (χ0) is 15.2. The number of hydrogen-bond acceptors (Lipinski definition) is 2. The van der Waals surface area contributed by atoms with Crippen molar-refractivity contribution >= 4 is 11.6 Å². The van der Waals surface area contributed by atoms with Crippen LogP contribution in [0.1, 0.15) is 43.6 Å². The van der Waals surface area contributed by atoms with E-state index in [2.05, 4.69) is 61.5 Å². The second-order valence-corrected chi connectivity index (χ2v) is 5.70. The van der Waals surface area contributed by atoms with E-state index in [4.69, 9.17) is 11.6 Å². The quantitative estimate of drug-likeness (QED) is 0.837. The summed E-state index contributed by atoms with van der Waals surface area (Å²) >= 11 is 6.42. The van der Waals surface area contributed by atoms with E-state index in [1.807, 2.05) is 4.68 Å². The SMILES string of the molecule is CCc1nn(CC)c(CNCC(C)c2ccccc2)c1Cl. The van der Waals surface area contributed by atoms with Crippen LogP contribution in [0.5, 0.6) is 0 Å². The Labute approximate surface area is 132 Å². The Morgan fingerprint density at radius 3 is 2.57 bits per heavy atom. The maximum atomic E-state index is 6.42. The van der Waals surface area contributed by atoms with Gasteiger partial charge in [0.25, 0.3) is 0 Å². The normalized spacial score (nSPS) is 12.6. The van der Waals surface area contributed by atoms with Crippen LogP contribution in [0.25, 0.3) is 0 Å². The summed E-state index contributed by atoms with van der Waals surface area (Å²) in [5.41, 5.74) is 3.44. The molecule has 114 valence electrons. The number of nitrogens with zero attached hydrogens (tertiary/aromatic N) is 2. The molecule has 21 heavy (non-hydrogen) atoms. The number of halogens is 1. The van der Waals surface area contributed by atoms with Gasteiger partial charge in [0.1, 0.15) is 0 Å². The van der Waals surface area contributed by atoms with Gasteiger partial charge in [0.2, 0.25) is 0 Å². The molecule has 0 fully saturated rings. The van der Waals surface area contributed by atoms with Gasteiger partial charge in [-0.15, -0.1) is 0 Å². The molecule has 2 rings (SSSR count). The van der Waals surface area contributed by atoms with E-state index in [0.29, 0.717) is 5.92 Å². The van der Waals surface area contributed by atoms with Gasteiger partial charge in [0.05, 0.1) is 16.4 Å². The first-order valence-corrected chi connectivity index (χ1v) is 8.04. The number of nitrogens with one attached hydrogen (secondary N) is 1. The minimum absolute atomic E-state index is 0.480. The van der Waals surface area contributed by atoms with Gasteiger partial charge in [-0.25, -0.2) is 0 Å². The molecule has 0 saturated carbocycles. The summed E-state index contributed by atoms with van der Waals surface area (Å²) in [6.07, 6.45) is 0.874. The van der Waals surface area contributed by atoms with Crippen molar-refractivity contribution in [2.45, 2.75) is 46.2 Å². The zero-order valence-electron chi connectivity index (χ0n) is 13.1. The Balaban J connectivity index is 1.96. The number of aromatic nitrogens is 2. The van der Waals surface area contributed by atoms with Crippen molar-refractivity contribution in [3.63, 3.8) is 0 Å². The predicted octanol–water partition coefficient (Wildman–Crippen LogP) is 4.01. The molecule has 0 bridgehead atoms. The second-order valence-electron chi connectivity index (χ2n) is 5.32. The average Bonchev–Trinajstić information content (AvgIpc) is 2.84. The van der Waals surface area contributed by atoms with Crippen molar-refractivity contribution < 1.29 is 0 Å². The van der Waals surface area contributed by atoms with Crippen LogP contribution >= 0.6 is 11.6 Å². The van der Waals surface area contributed by atoms with Crippen LogP contribution in [-0.4, -0.2) is 16.3 Å². The third kappa shape index (κ3) is 3.86. The standard InChI is InChI=1S/C17H24ClN3/c1-4-15-17(18)16(21(5-2)20-15)12-19-11-13(3)14-9-7-6-8-10-14/h6-10,13,19H,4-5,11-12H2,1-3H3. The van der Waals surface area contributed by atoms with E-state index in [0.717, 1.165) is 42.5 Å². The number of benzene rings is 1. The van der Waals surface area contributed by atoms with Crippen LogP contribution in [0.3, 0.4) is 0 Å². The molecule has 1 atom stereocenters. The molecular formula is C17H24ClN3. The summed E-state index contributed by atoms with van der Waals surface area (Å²) in [7, 11) is 0. The highest BCUT2D eigenvalue weighted by molar-refractivity contribution is 6.31. The highest BCUT2D eigenvalue weighted by Crippen LogP contribution is 2.21. The highest BCUT2D eigenvalue weighted by atomic mass is 35.5. The zero-order valence-corrected chi connectivity index (χ0v) is 13.8. The highest BCUT2D eigenvalue weighted by Gasteiger charge is 2.14. The monoisotopic (exact) mass is 305 g/mol. The molecule has 2 aromatic rings. The second kappa shape index (κ2) is 7.62. The van der Waals surface area contributed by atoms with Gasteiger partial charge in [0.15, 0.2) is 0 Å². The maximum Gasteiger partial charge on any atom is 0.0863 e. The Morgan fingerprint density at radius 2 is 1.95 bits per heavy atom. The van der Waals surface area contributed by atoms with Crippen LogP contribution in [0.4, 0.5) is 0 Å². The Kier molecular flexibility index (Phi) is 5.83. The van der Waals surface area contributed by atoms with Crippen molar-refractivity contribution in [3.05, 3.63) is 52.3 Å². The van der Waals surface area contributed by atoms with Crippen LogP contribution in [-0.2, 0) is 19.5 Å². The van der Waals surface area contributed by atoms with Gasteiger partial charge in [-0.2, -0.15) is 5.10 Å². The Hall–Kier alpha value is -1.32. The van der Waals surface area contributed by atoms with Gasteiger partial charge < -0.3 is 5.32 Å². The molecule has 0 aliphatic rings. The number of hydrogen-bond donors (Lipinski definition) is 1. The smallest absolute Gasteiger partial charge is 0.0863 e. The molecule has 0 radical (unpaired) electrons. The minimum Gasteiger partial charge on any atom is -0.311 e. The van der Waals surface area contributed by atoms with E-state index in [9.17, 15) is 0 Å². The molecule has 1 aromatic heterocycles. The lowest BCUT2D eigenvalue weighted by Gasteiger charge is -2.13. The third-order valence-electron chi connectivity index (χ3n) is 3.81. The molecule has 0 aliphatic heterocycles. The first-order chi connectivity index (χ1) is 10.2. The summed E-state index contributed by atoms with van der Waals surface area (Å²) in [6.45, 7) is 8.96. The summed E-state index contributed by atoms with van der Waals surface area (Å²) in [5.74, 6) is 0.480. The van der Waals surface area contributed by atoms with Gasteiger partial charge in [-0.3, -0.25) is 4.68 Å². The van der Waals surface area contributed by atoms with Gasteiger partial charge in [-0.1, -0.05) is 55.8 Å². The molecule has 0 amide bonds. The fraction of sp³-hybridized carbons (Fsp3) is 0.471. The van der Waals surface area contributed by atoms with Crippen molar-refractivity contribution in [2.75, 3.05) is 6.54 Å². The molecule has 4 heteroatoms. The first kappa shape index (κ1) is 16.1. The molecule has 1 unspecified atom stereocenters. The van der Waals surface area contributed by atoms with Gasteiger partial charge in [0, 0.05) is 19.6 Å². The van der Waals surface area contributed by atoms with E-state index in [1.165, 1.54) is 5.56 Å². The molecule has 1 N–H and O–H groups in total.